The third-order valence-electron chi connectivity index (χ3n) is 4.85. The minimum Gasteiger partial charge on any atom is -0.398 e. The highest BCUT2D eigenvalue weighted by Crippen LogP contribution is 2.40. The van der Waals surface area contributed by atoms with Crippen LogP contribution in [-0.2, 0) is 17.6 Å². The Morgan fingerprint density at radius 1 is 1.42 bits per heavy atom. The van der Waals surface area contributed by atoms with Crippen molar-refractivity contribution in [2.24, 2.45) is 5.92 Å². The summed E-state index contributed by atoms with van der Waals surface area (Å²) in [6.07, 6.45) is 6.07. The summed E-state index contributed by atoms with van der Waals surface area (Å²) < 4.78 is 5.34. The molecular weight excluding hydrogens is 346 g/mol. The third-order valence-corrected chi connectivity index (χ3v) is 6.02. The second kappa shape index (κ2) is 7.01. The van der Waals surface area contributed by atoms with Crippen LogP contribution in [0.3, 0.4) is 0 Å². The molecule has 26 heavy (non-hydrogen) atoms. The lowest BCUT2D eigenvalue weighted by Crippen LogP contribution is -2.17. The maximum atomic E-state index is 7.48. The smallest absolute Gasteiger partial charge is 0.142 e. The Labute approximate surface area is 155 Å². The number of aromatic nitrogens is 2. The Balaban J connectivity index is 1.71. The van der Waals surface area contributed by atoms with Crippen molar-refractivity contribution >= 4 is 45.0 Å². The summed E-state index contributed by atoms with van der Waals surface area (Å²) in [6, 6.07) is 5.58. The summed E-state index contributed by atoms with van der Waals surface area (Å²) in [7, 11) is 1.77. The normalized spacial score (nSPS) is 16.4. The predicted molar refractivity (Wildman–Crippen MR) is 107 cm³/mol. The van der Waals surface area contributed by atoms with Crippen LogP contribution in [0, 0.1) is 11.3 Å². The highest BCUT2D eigenvalue weighted by molar-refractivity contribution is 7.19. The van der Waals surface area contributed by atoms with E-state index in [1.807, 2.05) is 12.1 Å². The van der Waals surface area contributed by atoms with Crippen molar-refractivity contribution in [2.75, 3.05) is 24.8 Å². The van der Waals surface area contributed by atoms with Gasteiger partial charge in [0.25, 0.3) is 0 Å². The Morgan fingerprint density at radius 2 is 2.31 bits per heavy atom. The average molecular weight is 367 g/mol. The lowest BCUT2D eigenvalue weighted by atomic mass is 9.88. The highest BCUT2D eigenvalue weighted by atomic mass is 32.1. The minimum absolute atomic E-state index is 0.581. The highest BCUT2D eigenvalue weighted by Gasteiger charge is 2.25. The van der Waals surface area contributed by atoms with Crippen LogP contribution in [0.5, 0.6) is 0 Å². The molecule has 2 heterocycles. The molecule has 6 nitrogen and oxygen atoms in total. The number of nitrogens with two attached hydrogens (primary N) is 1. The second-order valence-electron chi connectivity index (χ2n) is 6.58. The topological polar surface area (TPSA) is 96.9 Å². The van der Waals surface area contributed by atoms with Crippen molar-refractivity contribution in [3.8, 4) is 0 Å². The number of hydrogen-bond donors (Lipinski definition) is 3. The first kappa shape index (κ1) is 16.9. The average Bonchev–Trinajstić information content (AvgIpc) is 3.02. The van der Waals surface area contributed by atoms with Crippen LogP contribution in [0.2, 0.25) is 0 Å². The number of benzene rings is 1. The monoisotopic (exact) mass is 367 g/mol. The Morgan fingerprint density at radius 3 is 3.12 bits per heavy atom. The van der Waals surface area contributed by atoms with Gasteiger partial charge < -0.3 is 21.2 Å². The standard InChI is InChI=1S/C19H21N5OS/c1-25-9-11-2-4-14-16(6-11)26-19-17(14)18(22-10-23-19)24-13-3-5-15(21)12(7-13)8-20/h3,5,7-8,10-11,20H,2,4,6,9,21H2,1H3,(H,22,23,24). The summed E-state index contributed by atoms with van der Waals surface area (Å²) >= 11 is 1.76. The predicted octanol–water partition coefficient (Wildman–Crippen LogP) is 3.77. The molecule has 4 rings (SSSR count). The molecule has 0 fully saturated rings. The van der Waals surface area contributed by atoms with Crippen molar-refractivity contribution in [2.45, 2.75) is 19.3 Å². The van der Waals surface area contributed by atoms with Crippen molar-refractivity contribution in [1.82, 2.24) is 9.97 Å². The van der Waals surface area contributed by atoms with E-state index >= 15 is 0 Å². The molecule has 1 aliphatic carbocycles. The number of aryl methyl sites for hydroxylation is 1. The molecule has 0 saturated carbocycles. The fourth-order valence-electron chi connectivity index (χ4n) is 3.57. The molecule has 0 amide bonds. The number of thiophene rings is 1. The van der Waals surface area contributed by atoms with E-state index in [9.17, 15) is 0 Å². The number of rotatable bonds is 5. The van der Waals surface area contributed by atoms with Crippen LogP contribution >= 0.6 is 11.3 Å². The maximum absolute atomic E-state index is 7.48. The number of methoxy groups -OCH3 is 1. The lowest BCUT2D eigenvalue weighted by Gasteiger charge is -2.21. The van der Waals surface area contributed by atoms with E-state index < -0.39 is 0 Å². The van der Waals surface area contributed by atoms with E-state index in [1.54, 1.807) is 30.8 Å². The van der Waals surface area contributed by atoms with Gasteiger partial charge in [-0.05, 0) is 48.9 Å². The van der Waals surface area contributed by atoms with E-state index in [-0.39, 0.29) is 0 Å². The molecule has 134 valence electrons. The molecule has 1 atom stereocenters. The van der Waals surface area contributed by atoms with Gasteiger partial charge in [-0.2, -0.15) is 0 Å². The Bertz CT molecular complexity index is 968. The van der Waals surface area contributed by atoms with Crippen LogP contribution < -0.4 is 11.1 Å². The number of anilines is 3. The van der Waals surface area contributed by atoms with Gasteiger partial charge in [-0.3, -0.25) is 0 Å². The van der Waals surface area contributed by atoms with E-state index in [4.69, 9.17) is 15.9 Å². The molecule has 0 saturated heterocycles. The van der Waals surface area contributed by atoms with Gasteiger partial charge in [0.05, 0.1) is 5.39 Å². The molecule has 0 spiro atoms. The van der Waals surface area contributed by atoms with Gasteiger partial charge in [0.15, 0.2) is 0 Å². The number of hydrogen-bond acceptors (Lipinski definition) is 7. The Kier molecular flexibility index (Phi) is 4.57. The number of ether oxygens (including phenoxy) is 1. The van der Waals surface area contributed by atoms with Gasteiger partial charge in [0, 0.05) is 41.7 Å². The van der Waals surface area contributed by atoms with Gasteiger partial charge in [0.2, 0.25) is 0 Å². The molecule has 0 radical (unpaired) electrons. The molecule has 3 aromatic rings. The Hall–Kier alpha value is -2.51. The summed E-state index contributed by atoms with van der Waals surface area (Å²) in [5.41, 5.74) is 9.40. The van der Waals surface area contributed by atoms with Crippen molar-refractivity contribution in [1.29, 1.82) is 5.41 Å². The molecule has 0 aliphatic heterocycles. The summed E-state index contributed by atoms with van der Waals surface area (Å²) in [5, 5.41) is 12.0. The SMILES string of the molecule is COCC1CCc2c(sc3ncnc(Nc4ccc(N)c(C=N)c4)c23)C1. The molecular formula is C19H21N5OS. The van der Waals surface area contributed by atoms with Crippen molar-refractivity contribution in [3.05, 3.63) is 40.5 Å². The number of fused-ring (bicyclic) bond motifs is 3. The minimum atomic E-state index is 0.581. The van der Waals surface area contributed by atoms with Gasteiger partial charge in [-0.25, -0.2) is 9.97 Å². The zero-order chi connectivity index (χ0) is 18.1. The van der Waals surface area contributed by atoms with Crippen LogP contribution in [0.15, 0.2) is 24.5 Å². The first-order chi connectivity index (χ1) is 12.7. The van der Waals surface area contributed by atoms with Crippen LogP contribution in [-0.4, -0.2) is 29.9 Å². The zero-order valence-electron chi connectivity index (χ0n) is 14.6. The fraction of sp³-hybridized carbons (Fsp3) is 0.316. The van der Waals surface area contributed by atoms with E-state index in [2.05, 4.69) is 15.3 Å². The molecule has 0 bridgehead atoms. The third kappa shape index (κ3) is 3.04. The summed E-state index contributed by atoms with van der Waals surface area (Å²) in [6.45, 7) is 0.808. The number of nitrogens with zero attached hydrogens (tertiary/aromatic N) is 2. The number of nitrogen functional groups attached to an aromatic ring is 1. The molecule has 2 aromatic heterocycles. The summed E-state index contributed by atoms with van der Waals surface area (Å²) in [5.74, 6) is 1.40. The van der Waals surface area contributed by atoms with E-state index in [1.165, 1.54) is 16.7 Å². The molecule has 1 unspecified atom stereocenters. The van der Waals surface area contributed by atoms with Gasteiger partial charge >= 0.3 is 0 Å². The first-order valence-electron chi connectivity index (χ1n) is 8.60. The summed E-state index contributed by atoms with van der Waals surface area (Å²) in [4.78, 5) is 11.4. The van der Waals surface area contributed by atoms with Crippen molar-refractivity contribution in [3.63, 3.8) is 0 Å². The number of nitrogens with one attached hydrogen (secondary N) is 2. The largest absolute Gasteiger partial charge is 0.398 e. The molecule has 1 aliphatic rings. The lowest BCUT2D eigenvalue weighted by molar-refractivity contribution is 0.145. The van der Waals surface area contributed by atoms with E-state index in [0.29, 0.717) is 17.2 Å². The van der Waals surface area contributed by atoms with Crippen LogP contribution in [0.25, 0.3) is 10.2 Å². The second-order valence-corrected chi connectivity index (χ2v) is 7.67. The van der Waals surface area contributed by atoms with Crippen LogP contribution in [0.1, 0.15) is 22.4 Å². The van der Waals surface area contributed by atoms with Crippen LogP contribution in [0.4, 0.5) is 17.2 Å². The van der Waals surface area contributed by atoms with Gasteiger partial charge in [-0.1, -0.05) is 0 Å². The fourth-order valence-corrected chi connectivity index (χ4v) is 4.87. The molecule has 1 aromatic carbocycles. The molecule has 4 N–H and O–H groups in total. The molecule has 7 heteroatoms. The van der Waals surface area contributed by atoms with Crippen molar-refractivity contribution < 1.29 is 4.74 Å². The first-order valence-corrected chi connectivity index (χ1v) is 9.42. The van der Waals surface area contributed by atoms with Gasteiger partial charge in [0.1, 0.15) is 17.0 Å². The maximum Gasteiger partial charge on any atom is 0.142 e. The zero-order valence-corrected chi connectivity index (χ0v) is 15.4. The van der Waals surface area contributed by atoms with Gasteiger partial charge in [-0.15, -0.1) is 11.3 Å². The quantitative estimate of drug-likeness (QED) is 0.471. The van der Waals surface area contributed by atoms with E-state index in [0.717, 1.165) is 47.6 Å².